The van der Waals surface area contributed by atoms with Gasteiger partial charge in [-0.25, -0.2) is 4.79 Å². The maximum absolute atomic E-state index is 12.0. The van der Waals surface area contributed by atoms with Crippen LogP contribution in [0.1, 0.15) is 31.2 Å². The van der Waals surface area contributed by atoms with Crippen molar-refractivity contribution >= 4 is 6.03 Å². The smallest absolute Gasteiger partial charge is 0.317 e. The SMILES string of the molecule is Cc1ccccc1OCCCNC(=O)N(C)CC1CCCC1O. The molecule has 0 aromatic heterocycles. The van der Waals surface area contributed by atoms with Crippen LogP contribution in [0.5, 0.6) is 5.75 Å². The molecule has 2 unspecified atom stereocenters. The number of aryl methyl sites for hydroxylation is 1. The normalized spacial score (nSPS) is 20.3. The van der Waals surface area contributed by atoms with Crippen LogP contribution in [0.4, 0.5) is 4.79 Å². The van der Waals surface area contributed by atoms with E-state index in [1.165, 1.54) is 0 Å². The number of hydrogen-bond donors (Lipinski definition) is 2. The van der Waals surface area contributed by atoms with E-state index in [1.54, 1.807) is 11.9 Å². The Morgan fingerprint density at radius 1 is 1.39 bits per heavy atom. The number of para-hydroxylation sites is 1. The van der Waals surface area contributed by atoms with E-state index in [0.29, 0.717) is 19.7 Å². The van der Waals surface area contributed by atoms with Gasteiger partial charge in [0.2, 0.25) is 0 Å². The third-order valence-electron chi connectivity index (χ3n) is 4.42. The summed E-state index contributed by atoms with van der Waals surface area (Å²) in [6.45, 7) is 3.80. The fourth-order valence-corrected chi connectivity index (χ4v) is 2.97. The molecule has 2 rings (SSSR count). The van der Waals surface area contributed by atoms with Crippen LogP contribution in [-0.4, -0.2) is 48.9 Å². The molecule has 0 spiro atoms. The number of amides is 2. The predicted molar refractivity (Wildman–Crippen MR) is 90.7 cm³/mol. The summed E-state index contributed by atoms with van der Waals surface area (Å²) in [5.41, 5.74) is 1.12. The maximum Gasteiger partial charge on any atom is 0.317 e. The van der Waals surface area contributed by atoms with Gasteiger partial charge in [0.05, 0.1) is 12.7 Å². The van der Waals surface area contributed by atoms with Crippen molar-refractivity contribution in [1.29, 1.82) is 0 Å². The summed E-state index contributed by atoms with van der Waals surface area (Å²) < 4.78 is 5.70. The van der Waals surface area contributed by atoms with Crippen LogP contribution >= 0.6 is 0 Å². The van der Waals surface area contributed by atoms with Gasteiger partial charge in [0.1, 0.15) is 5.75 Å². The molecule has 23 heavy (non-hydrogen) atoms. The Bertz CT molecular complexity index is 507. The summed E-state index contributed by atoms with van der Waals surface area (Å²) in [6, 6.07) is 7.83. The molecule has 1 aromatic carbocycles. The Morgan fingerprint density at radius 3 is 2.87 bits per heavy atom. The van der Waals surface area contributed by atoms with Crippen molar-refractivity contribution in [3.63, 3.8) is 0 Å². The first-order valence-electron chi connectivity index (χ1n) is 8.43. The second kappa shape index (κ2) is 8.77. The second-order valence-corrected chi connectivity index (χ2v) is 6.34. The number of nitrogens with one attached hydrogen (secondary N) is 1. The fourth-order valence-electron chi connectivity index (χ4n) is 2.97. The number of hydrogen-bond acceptors (Lipinski definition) is 3. The van der Waals surface area contributed by atoms with Gasteiger partial charge in [-0.2, -0.15) is 0 Å². The molecule has 1 aliphatic rings. The number of carbonyl (C=O) groups is 1. The van der Waals surface area contributed by atoms with Gasteiger partial charge in [-0.05, 0) is 37.8 Å². The third kappa shape index (κ3) is 5.43. The molecule has 5 nitrogen and oxygen atoms in total. The lowest BCUT2D eigenvalue weighted by Crippen LogP contribution is -2.41. The standard InChI is InChI=1S/C18H28N2O3/c1-14-7-3-4-10-17(14)23-12-6-11-19-18(22)20(2)13-15-8-5-9-16(15)21/h3-4,7,10,15-16,21H,5-6,8-9,11-13H2,1-2H3,(H,19,22). The average molecular weight is 320 g/mol. The minimum atomic E-state index is -0.257. The Hall–Kier alpha value is -1.75. The zero-order chi connectivity index (χ0) is 16.7. The molecule has 128 valence electrons. The first-order valence-corrected chi connectivity index (χ1v) is 8.43. The summed E-state index contributed by atoms with van der Waals surface area (Å²) in [5.74, 6) is 1.11. The molecule has 1 aliphatic carbocycles. The van der Waals surface area contributed by atoms with E-state index in [1.807, 2.05) is 31.2 Å². The number of carbonyl (C=O) groups excluding carboxylic acids is 1. The van der Waals surface area contributed by atoms with Gasteiger partial charge < -0.3 is 20.1 Å². The summed E-state index contributed by atoms with van der Waals surface area (Å²) in [7, 11) is 1.78. The van der Waals surface area contributed by atoms with Gasteiger partial charge in [-0.3, -0.25) is 0 Å². The summed E-state index contributed by atoms with van der Waals surface area (Å²) in [5, 5.41) is 12.7. The Balaban J connectivity index is 1.60. The van der Waals surface area contributed by atoms with Crippen LogP contribution in [0.3, 0.4) is 0 Å². The molecule has 1 fully saturated rings. The van der Waals surface area contributed by atoms with Crippen LogP contribution in [0, 0.1) is 12.8 Å². The highest BCUT2D eigenvalue weighted by Crippen LogP contribution is 2.25. The van der Waals surface area contributed by atoms with Crippen LogP contribution < -0.4 is 10.1 Å². The largest absolute Gasteiger partial charge is 0.493 e. The van der Waals surface area contributed by atoms with E-state index in [4.69, 9.17) is 4.74 Å². The lowest BCUT2D eigenvalue weighted by molar-refractivity contribution is 0.114. The number of aliphatic hydroxyl groups excluding tert-OH is 1. The van der Waals surface area contributed by atoms with E-state index in [0.717, 1.165) is 37.0 Å². The highest BCUT2D eigenvalue weighted by Gasteiger charge is 2.27. The lowest BCUT2D eigenvalue weighted by Gasteiger charge is -2.23. The summed E-state index contributed by atoms with van der Waals surface area (Å²) >= 11 is 0. The van der Waals surface area contributed by atoms with Crippen molar-refractivity contribution in [1.82, 2.24) is 10.2 Å². The number of benzene rings is 1. The van der Waals surface area contributed by atoms with Gasteiger partial charge in [0, 0.05) is 26.1 Å². The van der Waals surface area contributed by atoms with Crippen molar-refractivity contribution in [2.24, 2.45) is 5.92 Å². The zero-order valence-electron chi connectivity index (χ0n) is 14.1. The zero-order valence-corrected chi connectivity index (χ0v) is 14.1. The van der Waals surface area contributed by atoms with Gasteiger partial charge in [-0.15, -0.1) is 0 Å². The summed E-state index contributed by atoms with van der Waals surface area (Å²) in [4.78, 5) is 13.7. The molecule has 2 N–H and O–H groups in total. The molecular formula is C18H28N2O3. The lowest BCUT2D eigenvalue weighted by atomic mass is 10.1. The van der Waals surface area contributed by atoms with E-state index >= 15 is 0 Å². The molecule has 0 heterocycles. The molecule has 5 heteroatoms. The Labute approximate surface area is 138 Å². The van der Waals surface area contributed by atoms with Crippen LogP contribution in [0.15, 0.2) is 24.3 Å². The highest BCUT2D eigenvalue weighted by atomic mass is 16.5. The number of rotatable bonds is 7. The molecular weight excluding hydrogens is 292 g/mol. The van der Waals surface area contributed by atoms with Gasteiger partial charge in [0.25, 0.3) is 0 Å². The highest BCUT2D eigenvalue weighted by molar-refractivity contribution is 5.73. The summed E-state index contributed by atoms with van der Waals surface area (Å²) in [6.07, 6.45) is 3.42. The van der Waals surface area contributed by atoms with Crippen LogP contribution in [0.25, 0.3) is 0 Å². The average Bonchev–Trinajstić information content (AvgIpc) is 2.93. The number of urea groups is 1. The van der Waals surface area contributed by atoms with Crippen LogP contribution in [0.2, 0.25) is 0 Å². The molecule has 1 aromatic rings. The molecule has 0 radical (unpaired) electrons. The Morgan fingerprint density at radius 2 is 2.17 bits per heavy atom. The second-order valence-electron chi connectivity index (χ2n) is 6.34. The topological polar surface area (TPSA) is 61.8 Å². The number of nitrogens with zero attached hydrogens (tertiary/aromatic N) is 1. The van der Waals surface area contributed by atoms with Crippen molar-refractivity contribution in [2.45, 2.75) is 38.7 Å². The predicted octanol–water partition coefficient (Wildman–Crippen LogP) is 2.57. The monoisotopic (exact) mass is 320 g/mol. The first-order chi connectivity index (χ1) is 11.1. The van der Waals surface area contributed by atoms with Gasteiger partial charge in [-0.1, -0.05) is 24.6 Å². The Kier molecular flexibility index (Phi) is 6.71. The molecule has 2 amide bonds. The number of ether oxygens (including phenoxy) is 1. The molecule has 0 bridgehead atoms. The van der Waals surface area contributed by atoms with Crippen molar-refractivity contribution in [3.8, 4) is 5.75 Å². The van der Waals surface area contributed by atoms with Crippen LogP contribution in [-0.2, 0) is 0 Å². The quantitative estimate of drug-likeness (QED) is 0.759. The van der Waals surface area contributed by atoms with E-state index in [-0.39, 0.29) is 18.1 Å². The molecule has 0 aliphatic heterocycles. The third-order valence-corrected chi connectivity index (χ3v) is 4.42. The molecule has 0 saturated heterocycles. The van der Waals surface area contributed by atoms with Crippen molar-refractivity contribution in [3.05, 3.63) is 29.8 Å². The fraction of sp³-hybridized carbons (Fsp3) is 0.611. The van der Waals surface area contributed by atoms with E-state index < -0.39 is 0 Å². The minimum Gasteiger partial charge on any atom is -0.493 e. The van der Waals surface area contributed by atoms with Crippen molar-refractivity contribution in [2.75, 3.05) is 26.7 Å². The maximum atomic E-state index is 12.0. The van der Waals surface area contributed by atoms with E-state index in [2.05, 4.69) is 5.32 Å². The van der Waals surface area contributed by atoms with Crippen molar-refractivity contribution < 1.29 is 14.6 Å². The van der Waals surface area contributed by atoms with Gasteiger partial charge in [0.15, 0.2) is 0 Å². The minimum absolute atomic E-state index is 0.0833. The van der Waals surface area contributed by atoms with Gasteiger partial charge >= 0.3 is 6.03 Å². The molecule has 1 saturated carbocycles. The van der Waals surface area contributed by atoms with E-state index in [9.17, 15) is 9.90 Å². The first kappa shape index (κ1) is 17.6. The molecule has 2 atom stereocenters. The number of aliphatic hydroxyl groups is 1.